The monoisotopic (exact) mass is 314 g/mol. The van der Waals surface area contributed by atoms with E-state index < -0.39 is 0 Å². The van der Waals surface area contributed by atoms with Crippen molar-refractivity contribution in [1.82, 2.24) is 25.2 Å². The van der Waals surface area contributed by atoms with E-state index in [-0.39, 0.29) is 5.91 Å². The number of anilines is 1. The van der Waals surface area contributed by atoms with E-state index in [1.54, 1.807) is 12.4 Å². The van der Waals surface area contributed by atoms with Gasteiger partial charge in [-0.1, -0.05) is 6.07 Å². The van der Waals surface area contributed by atoms with Gasteiger partial charge in [0, 0.05) is 37.9 Å². The molecule has 23 heavy (non-hydrogen) atoms. The lowest BCUT2D eigenvalue weighted by Crippen LogP contribution is -2.23. The number of carbonyl (C=O) groups is 1. The zero-order chi connectivity index (χ0) is 16.5. The average Bonchev–Trinajstić information content (AvgIpc) is 2.58. The van der Waals surface area contributed by atoms with Crippen LogP contribution in [0.3, 0.4) is 0 Å². The molecule has 122 valence electrons. The van der Waals surface area contributed by atoms with Gasteiger partial charge in [-0.05, 0) is 38.7 Å². The summed E-state index contributed by atoms with van der Waals surface area (Å²) < 4.78 is 0. The largest absolute Gasteiger partial charge is 0.354 e. The van der Waals surface area contributed by atoms with Gasteiger partial charge in [0.05, 0.1) is 5.56 Å². The number of amides is 1. The van der Waals surface area contributed by atoms with Crippen molar-refractivity contribution in [3.63, 3.8) is 0 Å². The fraction of sp³-hybridized carbons (Fsp3) is 0.375. The third-order valence-electron chi connectivity index (χ3n) is 3.16. The third kappa shape index (κ3) is 5.99. The molecule has 7 nitrogen and oxygen atoms in total. The normalized spacial score (nSPS) is 10.6. The van der Waals surface area contributed by atoms with Crippen molar-refractivity contribution in [3.8, 4) is 0 Å². The molecule has 2 aromatic rings. The Balaban J connectivity index is 1.78. The lowest BCUT2D eigenvalue weighted by Gasteiger charge is -2.10. The number of pyridine rings is 1. The van der Waals surface area contributed by atoms with Gasteiger partial charge in [-0.15, -0.1) is 0 Å². The fourth-order valence-electron chi connectivity index (χ4n) is 1.92. The fourth-order valence-corrected chi connectivity index (χ4v) is 1.92. The highest BCUT2D eigenvalue weighted by Crippen LogP contribution is 2.02. The van der Waals surface area contributed by atoms with Crippen LogP contribution >= 0.6 is 0 Å². The van der Waals surface area contributed by atoms with Crippen LogP contribution in [-0.2, 0) is 6.54 Å². The first kappa shape index (κ1) is 16.8. The van der Waals surface area contributed by atoms with Crippen LogP contribution in [0.2, 0.25) is 0 Å². The second kappa shape index (κ2) is 8.79. The maximum absolute atomic E-state index is 12.0. The molecule has 0 unspecified atom stereocenters. The molecular weight excluding hydrogens is 292 g/mol. The average molecular weight is 314 g/mol. The van der Waals surface area contributed by atoms with E-state index in [9.17, 15) is 4.79 Å². The molecule has 7 heteroatoms. The number of hydrogen-bond donors (Lipinski definition) is 2. The maximum Gasteiger partial charge on any atom is 0.254 e. The topological polar surface area (TPSA) is 83.0 Å². The van der Waals surface area contributed by atoms with Crippen molar-refractivity contribution in [2.75, 3.05) is 32.5 Å². The number of nitrogens with zero attached hydrogens (tertiary/aromatic N) is 4. The van der Waals surface area contributed by atoms with Crippen molar-refractivity contribution in [3.05, 3.63) is 48.0 Å². The predicted molar refractivity (Wildman–Crippen MR) is 89.1 cm³/mol. The summed E-state index contributed by atoms with van der Waals surface area (Å²) in [4.78, 5) is 26.5. The van der Waals surface area contributed by atoms with E-state index in [0.717, 1.165) is 25.1 Å². The molecule has 0 atom stereocenters. The van der Waals surface area contributed by atoms with Gasteiger partial charge in [0.1, 0.15) is 0 Å². The third-order valence-corrected chi connectivity index (χ3v) is 3.16. The molecule has 2 heterocycles. The quantitative estimate of drug-likeness (QED) is 0.712. The zero-order valence-corrected chi connectivity index (χ0v) is 13.5. The molecule has 0 radical (unpaired) electrons. The van der Waals surface area contributed by atoms with Gasteiger partial charge in [0.25, 0.3) is 5.91 Å². The van der Waals surface area contributed by atoms with Crippen LogP contribution in [0.5, 0.6) is 0 Å². The Morgan fingerprint density at radius 3 is 2.65 bits per heavy atom. The minimum Gasteiger partial charge on any atom is -0.354 e. The summed E-state index contributed by atoms with van der Waals surface area (Å²) in [5.74, 6) is 0.334. The molecule has 0 aliphatic heterocycles. The summed E-state index contributed by atoms with van der Waals surface area (Å²) in [7, 11) is 4.07. The summed E-state index contributed by atoms with van der Waals surface area (Å²) in [6, 6.07) is 3.74. The minimum absolute atomic E-state index is 0.201. The molecule has 2 aromatic heterocycles. The Labute approximate surface area is 136 Å². The van der Waals surface area contributed by atoms with E-state index >= 15 is 0 Å². The van der Waals surface area contributed by atoms with Crippen molar-refractivity contribution < 1.29 is 4.79 Å². The van der Waals surface area contributed by atoms with E-state index in [4.69, 9.17) is 0 Å². The highest BCUT2D eigenvalue weighted by molar-refractivity contribution is 5.93. The molecule has 0 saturated carbocycles. The molecule has 0 spiro atoms. The summed E-state index contributed by atoms with van der Waals surface area (Å²) in [6.45, 7) is 2.23. The van der Waals surface area contributed by atoms with Crippen LogP contribution in [0, 0.1) is 0 Å². The van der Waals surface area contributed by atoms with Gasteiger partial charge in [-0.3, -0.25) is 9.78 Å². The van der Waals surface area contributed by atoms with Crippen LogP contribution < -0.4 is 10.6 Å². The van der Waals surface area contributed by atoms with Crippen LogP contribution in [0.4, 0.5) is 5.95 Å². The lowest BCUT2D eigenvalue weighted by molar-refractivity contribution is 0.0950. The molecule has 0 aliphatic carbocycles. The van der Waals surface area contributed by atoms with Crippen LogP contribution in [0.15, 0.2) is 36.9 Å². The maximum atomic E-state index is 12.0. The van der Waals surface area contributed by atoms with Gasteiger partial charge in [0.2, 0.25) is 5.95 Å². The lowest BCUT2D eigenvalue weighted by atomic mass is 10.2. The molecule has 0 bridgehead atoms. The van der Waals surface area contributed by atoms with E-state index in [0.29, 0.717) is 18.1 Å². The Morgan fingerprint density at radius 1 is 1.22 bits per heavy atom. The smallest absolute Gasteiger partial charge is 0.254 e. The summed E-state index contributed by atoms with van der Waals surface area (Å²) in [5, 5.41) is 5.95. The molecule has 1 amide bonds. The number of rotatable bonds is 8. The van der Waals surface area contributed by atoms with Gasteiger partial charge in [0.15, 0.2) is 0 Å². The number of carbonyl (C=O) groups excluding carboxylic acids is 1. The predicted octanol–water partition coefficient (Wildman–Crippen LogP) is 1.17. The molecule has 0 fully saturated rings. The van der Waals surface area contributed by atoms with Crippen molar-refractivity contribution in [2.45, 2.75) is 13.0 Å². The number of hydrogen-bond acceptors (Lipinski definition) is 6. The van der Waals surface area contributed by atoms with Crippen molar-refractivity contribution >= 4 is 11.9 Å². The van der Waals surface area contributed by atoms with Crippen molar-refractivity contribution in [2.24, 2.45) is 0 Å². The van der Waals surface area contributed by atoms with Crippen LogP contribution in [-0.4, -0.2) is 52.9 Å². The van der Waals surface area contributed by atoms with Crippen LogP contribution in [0.1, 0.15) is 22.3 Å². The van der Waals surface area contributed by atoms with Gasteiger partial charge < -0.3 is 15.5 Å². The minimum atomic E-state index is -0.201. The van der Waals surface area contributed by atoms with Crippen molar-refractivity contribution in [1.29, 1.82) is 0 Å². The van der Waals surface area contributed by atoms with E-state index in [1.165, 1.54) is 12.4 Å². The van der Waals surface area contributed by atoms with E-state index in [2.05, 4.69) is 30.5 Å². The Kier molecular flexibility index (Phi) is 6.43. The molecule has 0 aliphatic rings. The first-order valence-electron chi connectivity index (χ1n) is 7.53. The highest BCUT2D eigenvalue weighted by Gasteiger charge is 2.07. The standard InChI is InChI=1S/C16H22N6O/c1-22(2)8-4-7-18-16-20-11-14(12-21-16)15(23)19-10-13-5-3-6-17-9-13/h3,5-6,9,11-12H,4,7-8,10H2,1-2H3,(H,19,23)(H,18,20,21). The Bertz CT molecular complexity index is 600. The Hall–Kier alpha value is -2.54. The molecule has 0 aromatic carbocycles. The molecule has 2 N–H and O–H groups in total. The van der Waals surface area contributed by atoms with Gasteiger partial charge in [-0.25, -0.2) is 9.97 Å². The van der Waals surface area contributed by atoms with E-state index in [1.807, 2.05) is 26.2 Å². The molecule has 2 rings (SSSR count). The summed E-state index contributed by atoms with van der Waals surface area (Å²) in [6.07, 6.45) is 7.48. The first-order chi connectivity index (χ1) is 11.1. The number of aromatic nitrogens is 3. The Morgan fingerprint density at radius 2 is 2.00 bits per heavy atom. The number of nitrogens with one attached hydrogen (secondary N) is 2. The summed E-state index contributed by atoms with van der Waals surface area (Å²) in [5.41, 5.74) is 1.38. The first-order valence-corrected chi connectivity index (χ1v) is 7.53. The second-order valence-electron chi connectivity index (χ2n) is 5.42. The molecular formula is C16H22N6O. The highest BCUT2D eigenvalue weighted by atomic mass is 16.1. The SMILES string of the molecule is CN(C)CCCNc1ncc(C(=O)NCc2cccnc2)cn1. The van der Waals surface area contributed by atoms with Gasteiger partial charge in [-0.2, -0.15) is 0 Å². The molecule has 0 saturated heterocycles. The van der Waals surface area contributed by atoms with Gasteiger partial charge >= 0.3 is 0 Å². The second-order valence-corrected chi connectivity index (χ2v) is 5.42. The zero-order valence-electron chi connectivity index (χ0n) is 13.5. The van der Waals surface area contributed by atoms with Crippen LogP contribution in [0.25, 0.3) is 0 Å². The summed E-state index contributed by atoms with van der Waals surface area (Å²) >= 11 is 0.